The fraction of sp³-hybridized carbons (Fsp3) is 0.231. The van der Waals surface area contributed by atoms with E-state index in [1.54, 1.807) is 6.07 Å². The first kappa shape index (κ1) is 11.7. The minimum absolute atomic E-state index is 0.0805. The smallest absolute Gasteiger partial charge is 0.227 e. The number of rotatable bonds is 3. The lowest BCUT2D eigenvalue weighted by Crippen LogP contribution is -2.02. The highest BCUT2D eigenvalue weighted by Crippen LogP contribution is 2.46. The fourth-order valence-electron chi connectivity index (χ4n) is 1.91. The second-order valence-corrected chi connectivity index (χ2v) is 4.54. The van der Waals surface area contributed by atoms with Gasteiger partial charge in [0.15, 0.2) is 0 Å². The summed E-state index contributed by atoms with van der Waals surface area (Å²) in [6.07, 6.45) is 3.43. The molecule has 1 aliphatic carbocycles. The Morgan fingerprint density at radius 1 is 1.21 bits per heavy atom. The molecule has 3 rings (SSSR count). The SMILES string of the molecule is Nc1ccc(Oc2ncnc(N)c2C2CC2)cc1F. The van der Waals surface area contributed by atoms with Crippen LogP contribution in [-0.2, 0) is 0 Å². The Kier molecular flexibility index (Phi) is 2.70. The molecular weight excluding hydrogens is 247 g/mol. The number of aromatic nitrogens is 2. The van der Waals surface area contributed by atoms with Crippen molar-refractivity contribution in [3.63, 3.8) is 0 Å². The summed E-state index contributed by atoms with van der Waals surface area (Å²) >= 11 is 0. The van der Waals surface area contributed by atoms with Crippen LogP contribution in [0.5, 0.6) is 11.6 Å². The Labute approximate surface area is 109 Å². The summed E-state index contributed by atoms with van der Waals surface area (Å²) in [5.74, 6) is 0.969. The molecule has 4 N–H and O–H groups in total. The molecule has 19 heavy (non-hydrogen) atoms. The van der Waals surface area contributed by atoms with Gasteiger partial charge in [-0.15, -0.1) is 0 Å². The first-order valence-corrected chi connectivity index (χ1v) is 5.98. The number of hydrogen-bond acceptors (Lipinski definition) is 5. The van der Waals surface area contributed by atoms with Gasteiger partial charge in [-0.1, -0.05) is 0 Å². The molecule has 0 unspecified atom stereocenters. The van der Waals surface area contributed by atoms with E-state index in [4.69, 9.17) is 16.2 Å². The minimum atomic E-state index is -0.521. The van der Waals surface area contributed by atoms with Crippen molar-refractivity contribution in [2.75, 3.05) is 11.5 Å². The maximum Gasteiger partial charge on any atom is 0.227 e. The van der Waals surface area contributed by atoms with Gasteiger partial charge >= 0.3 is 0 Å². The molecule has 2 aromatic rings. The van der Waals surface area contributed by atoms with Gasteiger partial charge in [0.1, 0.15) is 23.7 Å². The van der Waals surface area contributed by atoms with E-state index < -0.39 is 5.82 Å². The number of anilines is 2. The first-order valence-electron chi connectivity index (χ1n) is 5.98. The van der Waals surface area contributed by atoms with Gasteiger partial charge in [-0.25, -0.2) is 14.4 Å². The lowest BCUT2D eigenvalue weighted by Gasteiger charge is -2.11. The standard InChI is InChI=1S/C13H13FN4O/c14-9-5-8(3-4-10(9)15)19-13-11(7-1-2-7)12(16)17-6-18-13/h3-7H,1-2,15H2,(H2,16,17,18). The van der Waals surface area contributed by atoms with Crippen molar-refractivity contribution in [3.05, 3.63) is 35.9 Å². The number of nitrogens with zero attached hydrogens (tertiary/aromatic N) is 2. The van der Waals surface area contributed by atoms with Crippen LogP contribution in [0.1, 0.15) is 24.3 Å². The molecular formula is C13H13FN4O. The highest BCUT2D eigenvalue weighted by atomic mass is 19.1. The van der Waals surface area contributed by atoms with Crippen molar-refractivity contribution < 1.29 is 9.13 Å². The van der Waals surface area contributed by atoms with E-state index in [9.17, 15) is 4.39 Å². The van der Waals surface area contributed by atoms with Crippen LogP contribution in [0.4, 0.5) is 15.9 Å². The molecule has 0 amide bonds. The number of halogens is 1. The fourth-order valence-corrected chi connectivity index (χ4v) is 1.91. The molecule has 0 aliphatic heterocycles. The van der Waals surface area contributed by atoms with Crippen LogP contribution in [0.3, 0.4) is 0 Å². The number of benzene rings is 1. The zero-order chi connectivity index (χ0) is 13.4. The van der Waals surface area contributed by atoms with Crippen LogP contribution in [0.25, 0.3) is 0 Å². The molecule has 0 spiro atoms. The Balaban J connectivity index is 1.94. The molecule has 0 atom stereocenters. The maximum absolute atomic E-state index is 13.4. The normalized spacial score (nSPS) is 14.4. The largest absolute Gasteiger partial charge is 0.438 e. The molecule has 6 heteroatoms. The summed E-state index contributed by atoms with van der Waals surface area (Å²) in [6, 6.07) is 4.27. The minimum Gasteiger partial charge on any atom is -0.438 e. The first-order chi connectivity index (χ1) is 9.15. The Bertz CT molecular complexity index is 628. The predicted octanol–water partition coefficient (Wildman–Crippen LogP) is 2.45. The van der Waals surface area contributed by atoms with Crippen molar-refractivity contribution >= 4 is 11.5 Å². The van der Waals surface area contributed by atoms with Crippen molar-refractivity contribution in [1.82, 2.24) is 9.97 Å². The molecule has 1 saturated carbocycles. The van der Waals surface area contributed by atoms with Gasteiger partial charge in [-0.2, -0.15) is 0 Å². The molecule has 0 saturated heterocycles. The van der Waals surface area contributed by atoms with E-state index in [2.05, 4.69) is 9.97 Å². The third-order valence-corrected chi connectivity index (χ3v) is 3.05. The predicted molar refractivity (Wildman–Crippen MR) is 69.3 cm³/mol. The van der Waals surface area contributed by atoms with E-state index in [0.717, 1.165) is 18.4 Å². The highest BCUT2D eigenvalue weighted by molar-refractivity contribution is 5.51. The number of ether oxygens (including phenoxy) is 1. The highest BCUT2D eigenvalue weighted by Gasteiger charge is 2.30. The molecule has 1 aliphatic rings. The molecule has 98 valence electrons. The summed E-state index contributed by atoms with van der Waals surface area (Å²) in [4.78, 5) is 8.05. The van der Waals surface area contributed by atoms with Gasteiger partial charge in [0, 0.05) is 6.07 Å². The van der Waals surface area contributed by atoms with E-state index >= 15 is 0 Å². The van der Waals surface area contributed by atoms with Crippen molar-refractivity contribution in [2.24, 2.45) is 0 Å². The summed E-state index contributed by atoms with van der Waals surface area (Å²) in [5, 5.41) is 0. The summed E-state index contributed by atoms with van der Waals surface area (Å²) in [6.45, 7) is 0. The van der Waals surface area contributed by atoms with E-state index in [0.29, 0.717) is 23.4 Å². The number of nitrogen functional groups attached to an aromatic ring is 2. The van der Waals surface area contributed by atoms with Crippen molar-refractivity contribution in [2.45, 2.75) is 18.8 Å². The van der Waals surface area contributed by atoms with Crippen LogP contribution in [0.15, 0.2) is 24.5 Å². The molecule has 5 nitrogen and oxygen atoms in total. The van der Waals surface area contributed by atoms with Crippen LogP contribution in [0.2, 0.25) is 0 Å². The summed E-state index contributed by atoms with van der Waals surface area (Å²) in [7, 11) is 0. The van der Waals surface area contributed by atoms with E-state index in [-0.39, 0.29) is 5.69 Å². The Morgan fingerprint density at radius 2 is 2.00 bits per heavy atom. The van der Waals surface area contributed by atoms with Gasteiger partial charge in [0.2, 0.25) is 5.88 Å². The van der Waals surface area contributed by atoms with Crippen LogP contribution in [-0.4, -0.2) is 9.97 Å². The topological polar surface area (TPSA) is 87.0 Å². The second-order valence-electron chi connectivity index (χ2n) is 4.54. The number of hydrogen-bond donors (Lipinski definition) is 2. The van der Waals surface area contributed by atoms with Crippen LogP contribution in [0, 0.1) is 5.82 Å². The zero-order valence-corrected chi connectivity index (χ0v) is 10.1. The number of nitrogens with two attached hydrogens (primary N) is 2. The van der Waals surface area contributed by atoms with Gasteiger partial charge < -0.3 is 16.2 Å². The van der Waals surface area contributed by atoms with Crippen molar-refractivity contribution in [3.8, 4) is 11.6 Å². The summed E-state index contributed by atoms with van der Waals surface area (Å²) in [5.41, 5.74) is 12.1. The second kappa shape index (κ2) is 4.38. The molecule has 1 heterocycles. The van der Waals surface area contributed by atoms with E-state index in [1.165, 1.54) is 18.5 Å². The van der Waals surface area contributed by atoms with Gasteiger partial charge in [0.05, 0.1) is 11.3 Å². The molecule has 1 fully saturated rings. The lowest BCUT2D eigenvalue weighted by atomic mass is 10.2. The molecule has 0 bridgehead atoms. The third-order valence-electron chi connectivity index (χ3n) is 3.05. The third kappa shape index (κ3) is 2.29. The van der Waals surface area contributed by atoms with Gasteiger partial charge in [0.25, 0.3) is 0 Å². The van der Waals surface area contributed by atoms with E-state index in [1.807, 2.05) is 0 Å². The van der Waals surface area contributed by atoms with Gasteiger partial charge in [-0.3, -0.25) is 0 Å². The zero-order valence-electron chi connectivity index (χ0n) is 10.1. The molecule has 1 aromatic heterocycles. The molecule has 1 aromatic carbocycles. The average Bonchev–Trinajstić information content (AvgIpc) is 3.18. The maximum atomic E-state index is 13.4. The van der Waals surface area contributed by atoms with Gasteiger partial charge in [-0.05, 0) is 30.9 Å². The quantitative estimate of drug-likeness (QED) is 0.828. The monoisotopic (exact) mass is 260 g/mol. The molecule has 0 radical (unpaired) electrons. The van der Waals surface area contributed by atoms with Crippen molar-refractivity contribution in [1.29, 1.82) is 0 Å². The Hall–Kier alpha value is -2.37. The van der Waals surface area contributed by atoms with Crippen LogP contribution >= 0.6 is 0 Å². The lowest BCUT2D eigenvalue weighted by molar-refractivity contribution is 0.451. The summed E-state index contributed by atoms with van der Waals surface area (Å²) < 4.78 is 19.0. The van der Waals surface area contributed by atoms with Crippen LogP contribution < -0.4 is 16.2 Å². The Morgan fingerprint density at radius 3 is 2.68 bits per heavy atom. The average molecular weight is 260 g/mol.